The van der Waals surface area contributed by atoms with E-state index in [1.165, 1.54) is 6.08 Å². The Kier molecular flexibility index (Phi) is 6.88. The number of carbonyl (C=O) groups excluding carboxylic acids is 1. The van der Waals surface area contributed by atoms with Crippen LogP contribution in [0, 0.1) is 19.8 Å². The van der Waals surface area contributed by atoms with E-state index in [1.54, 1.807) is 6.92 Å². The minimum absolute atomic E-state index is 0.101. The van der Waals surface area contributed by atoms with E-state index in [4.69, 9.17) is 18.7 Å². The number of esters is 1. The van der Waals surface area contributed by atoms with Crippen LogP contribution in [0.5, 0.6) is 0 Å². The standard InChI is InChI=1S/C26H33N3O4/c1-6-12-28-15-20(14-21-10-8-18(4)32-21)25-22(16-28)26(23-11-9-19(5)33-23)29(27-25)17(3)13-24(30)31-7-2/h8-11,13-14,22,26H,6-7,12,15-16H2,1-5H3/b17-13+,20-14+. The first kappa shape index (κ1) is 23.1. The SMILES string of the molecule is CCCN1C/C(=C\c2ccc(C)o2)C2=NN(/C(C)=C/C(=O)OCC)C(c3ccc(C)o3)C2C1. The van der Waals surface area contributed by atoms with Crippen molar-refractivity contribution in [2.24, 2.45) is 11.0 Å². The third-order valence-corrected chi connectivity index (χ3v) is 6.03. The molecule has 1 saturated heterocycles. The third-order valence-electron chi connectivity index (χ3n) is 6.03. The minimum atomic E-state index is -0.367. The lowest BCUT2D eigenvalue weighted by atomic mass is 9.85. The summed E-state index contributed by atoms with van der Waals surface area (Å²) in [6.07, 6.45) is 4.68. The Morgan fingerprint density at radius 1 is 1.18 bits per heavy atom. The number of hydrazone groups is 1. The lowest BCUT2D eigenvalue weighted by Crippen LogP contribution is -2.43. The monoisotopic (exact) mass is 451 g/mol. The fourth-order valence-electron chi connectivity index (χ4n) is 4.68. The molecular formula is C26H33N3O4. The zero-order valence-electron chi connectivity index (χ0n) is 20.1. The average molecular weight is 452 g/mol. The van der Waals surface area contributed by atoms with Gasteiger partial charge >= 0.3 is 5.97 Å². The number of aryl methyl sites for hydroxylation is 2. The molecule has 2 unspecified atom stereocenters. The Hall–Kier alpha value is -3.06. The average Bonchev–Trinajstić information content (AvgIpc) is 3.46. The second-order valence-electron chi connectivity index (χ2n) is 8.72. The van der Waals surface area contributed by atoms with Gasteiger partial charge in [-0.3, -0.25) is 9.91 Å². The Morgan fingerprint density at radius 3 is 2.58 bits per heavy atom. The number of hydrogen-bond acceptors (Lipinski definition) is 7. The van der Waals surface area contributed by atoms with Crippen LogP contribution in [0.2, 0.25) is 0 Å². The van der Waals surface area contributed by atoms with E-state index in [2.05, 4.69) is 17.9 Å². The first-order chi connectivity index (χ1) is 15.9. The van der Waals surface area contributed by atoms with E-state index in [-0.39, 0.29) is 17.9 Å². The molecule has 4 rings (SSSR count). The molecule has 2 aliphatic heterocycles. The number of rotatable bonds is 7. The van der Waals surface area contributed by atoms with Crippen LogP contribution in [0.4, 0.5) is 0 Å². The van der Waals surface area contributed by atoms with Gasteiger partial charge in [0.1, 0.15) is 29.1 Å². The minimum Gasteiger partial charge on any atom is -0.464 e. The molecule has 2 aromatic rings. The van der Waals surface area contributed by atoms with Crippen LogP contribution < -0.4 is 0 Å². The van der Waals surface area contributed by atoms with Crippen molar-refractivity contribution in [2.45, 2.75) is 47.1 Å². The molecule has 0 spiro atoms. The number of carbonyl (C=O) groups is 1. The zero-order valence-corrected chi connectivity index (χ0v) is 20.1. The highest BCUT2D eigenvalue weighted by atomic mass is 16.5. The van der Waals surface area contributed by atoms with Gasteiger partial charge in [-0.2, -0.15) is 5.10 Å². The maximum atomic E-state index is 12.2. The Morgan fingerprint density at radius 2 is 1.94 bits per heavy atom. The van der Waals surface area contributed by atoms with Gasteiger partial charge < -0.3 is 13.6 Å². The summed E-state index contributed by atoms with van der Waals surface area (Å²) in [7, 11) is 0. The molecule has 0 bridgehead atoms. The van der Waals surface area contributed by atoms with Crippen LogP contribution in [-0.4, -0.2) is 47.8 Å². The van der Waals surface area contributed by atoms with E-state index >= 15 is 0 Å². The highest BCUT2D eigenvalue weighted by Gasteiger charge is 2.45. The molecule has 33 heavy (non-hydrogen) atoms. The van der Waals surface area contributed by atoms with Gasteiger partial charge in [-0.05, 0) is 76.6 Å². The molecule has 7 nitrogen and oxygen atoms in total. The quantitative estimate of drug-likeness (QED) is 0.431. The number of allylic oxidation sites excluding steroid dienone is 1. The van der Waals surface area contributed by atoms with Crippen LogP contribution in [0.1, 0.15) is 56.3 Å². The van der Waals surface area contributed by atoms with Crippen molar-refractivity contribution < 1.29 is 18.4 Å². The molecule has 4 heterocycles. The Labute approximate surface area is 195 Å². The number of piperidine rings is 1. The number of hydrogen-bond donors (Lipinski definition) is 0. The van der Waals surface area contributed by atoms with Crippen molar-refractivity contribution in [3.05, 3.63) is 64.7 Å². The Bertz CT molecular complexity index is 1090. The topological polar surface area (TPSA) is 71.4 Å². The summed E-state index contributed by atoms with van der Waals surface area (Å²) in [5.41, 5.74) is 2.88. The second-order valence-corrected chi connectivity index (χ2v) is 8.72. The van der Waals surface area contributed by atoms with Gasteiger partial charge in [-0.25, -0.2) is 4.79 Å². The summed E-state index contributed by atoms with van der Waals surface area (Å²) in [5.74, 6) is 3.14. The normalized spacial score (nSPS) is 22.6. The fourth-order valence-corrected chi connectivity index (χ4v) is 4.68. The summed E-state index contributed by atoms with van der Waals surface area (Å²) in [6.45, 7) is 12.8. The van der Waals surface area contributed by atoms with Crippen molar-refractivity contribution in [3.8, 4) is 0 Å². The second kappa shape index (κ2) is 9.83. The predicted molar refractivity (Wildman–Crippen MR) is 127 cm³/mol. The number of furan rings is 2. The number of likely N-dealkylation sites (tertiary alicyclic amines) is 1. The van der Waals surface area contributed by atoms with Crippen molar-refractivity contribution in [3.63, 3.8) is 0 Å². The van der Waals surface area contributed by atoms with E-state index < -0.39 is 0 Å². The predicted octanol–water partition coefficient (Wildman–Crippen LogP) is 5.09. The van der Waals surface area contributed by atoms with Gasteiger partial charge in [-0.1, -0.05) is 6.92 Å². The van der Waals surface area contributed by atoms with Crippen LogP contribution >= 0.6 is 0 Å². The third kappa shape index (κ3) is 4.98. The first-order valence-corrected chi connectivity index (χ1v) is 11.7. The summed E-state index contributed by atoms with van der Waals surface area (Å²) >= 11 is 0. The van der Waals surface area contributed by atoms with Gasteiger partial charge in [0.25, 0.3) is 0 Å². The van der Waals surface area contributed by atoms with Crippen LogP contribution in [0.15, 0.2) is 55.5 Å². The highest BCUT2D eigenvalue weighted by Crippen LogP contribution is 2.43. The molecular weight excluding hydrogens is 418 g/mol. The van der Waals surface area contributed by atoms with Crippen LogP contribution in [0.25, 0.3) is 6.08 Å². The molecule has 0 saturated carbocycles. The smallest absolute Gasteiger partial charge is 0.332 e. The number of fused-ring (bicyclic) bond motifs is 1. The lowest BCUT2D eigenvalue weighted by molar-refractivity contribution is -0.137. The van der Waals surface area contributed by atoms with Gasteiger partial charge in [0.15, 0.2) is 0 Å². The maximum Gasteiger partial charge on any atom is 0.332 e. The summed E-state index contributed by atoms with van der Waals surface area (Å²) in [6, 6.07) is 7.81. The van der Waals surface area contributed by atoms with Gasteiger partial charge in [0, 0.05) is 30.8 Å². The van der Waals surface area contributed by atoms with E-state index in [9.17, 15) is 4.79 Å². The van der Waals surface area contributed by atoms with Gasteiger partial charge in [0.2, 0.25) is 0 Å². The molecule has 2 aliphatic rings. The van der Waals surface area contributed by atoms with Crippen molar-refractivity contribution in [1.82, 2.24) is 9.91 Å². The highest BCUT2D eigenvalue weighted by molar-refractivity contribution is 6.07. The molecule has 0 aromatic carbocycles. The lowest BCUT2D eigenvalue weighted by Gasteiger charge is -2.35. The molecule has 1 fully saturated rings. The number of nitrogens with zero attached hydrogens (tertiary/aromatic N) is 3. The van der Waals surface area contributed by atoms with Crippen LogP contribution in [0.3, 0.4) is 0 Å². The summed E-state index contributed by atoms with van der Waals surface area (Å²) in [5, 5.41) is 6.97. The molecule has 0 amide bonds. The molecule has 0 N–H and O–H groups in total. The molecule has 176 valence electrons. The van der Waals surface area contributed by atoms with E-state index in [0.29, 0.717) is 6.61 Å². The summed E-state index contributed by atoms with van der Waals surface area (Å²) < 4.78 is 17.1. The Balaban J connectivity index is 1.77. The van der Waals surface area contributed by atoms with Crippen LogP contribution in [-0.2, 0) is 9.53 Å². The number of ether oxygens (including phenoxy) is 1. The molecule has 0 radical (unpaired) electrons. The summed E-state index contributed by atoms with van der Waals surface area (Å²) in [4.78, 5) is 14.6. The molecule has 2 atom stereocenters. The van der Waals surface area contributed by atoms with E-state index in [1.807, 2.05) is 50.0 Å². The van der Waals surface area contributed by atoms with Gasteiger partial charge in [0.05, 0.1) is 12.3 Å². The van der Waals surface area contributed by atoms with Crippen molar-refractivity contribution in [1.29, 1.82) is 0 Å². The fraction of sp³-hybridized carbons (Fsp3) is 0.462. The maximum absolute atomic E-state index is 12.2. The van der Waals surface area contributed by atoms with E-state index in [0.717, 1.165) is 66.1 Å². The largest absolute Gasteiger partial charge is 0.464 e. The zero-order chi connectivity index (χ0) is 23.5. The van der Waals surface area contributed by atoms with Crippen molar-refractivity contribution in [2.75, 3.05) is 26.2 Å². The first-order valence-electron chi connectivity index (χ1n) is 11.7. The van der Waals surface area contributed by atoms with Gasteiger partial charge in [-0.15, -0.1) is 0 Å². The van der Waals surface area contributed by atoms with Crippen molar-refractivity contribution >= 4 is 17.8 Å². The molecule has 2 aromatic heterocycles. The molecule has 7 heteroatoms. The molecule has 0 aliphatic carbocycles.